The van der Waals surface area contributed by atoms with Gasteiger partial charge in [-0.25, -0.2) is 8.42 Å². The highest BCUT2D eigenvalue weighted by Gasteiger charge is 2.40. The molecule has 1 amide bonds. The van der Waals surface area contributed by atoms with Gasteiger partial charge in [0, 0.05) is 11.6 Å². The Morgan fingerprint density at radius 1 is 1.20 bits per heavy atom. The third kappa shape index (κ3) is 3.97. The van der Waals surface area contributed by atoms with Crippen molar-refractivity contribution in [2.24, 2.45) is 0 Å². The largest absolute Gasteiger partial charge is 0.323 e. The lowest BCUT2D eigenvalue weighted by Gasteiger charge is -2.23. The van der Waals surface area contributed by atoms with Crippen molar-refractivity contribution in [3.63, 3.8) is 0 Å². The number of halogens is 3. The Bertz CT molecular complexity index is 914. The molecule has 0 spiro atoms. The molecule has 2 aromatic rings. The first-order chi connectivity index (χ1) is 11.8. The molecule has 1 aromatic heterocycles. The number of carbonyl (C=O) groups excluding carboxylic acids is 1. The summed E-state index contributed by atoms with van der Waals surface area (Å²) in [5.74, 6) is -0.437. The van der Waals surface area contributed by atoms with Crippen LogP contribution in [0.2, 0.25) is 14.4 Å². The van der Waals surface area contributed by atoms with E-state index in [2.05, 4.69) is 5.32 Å². The number of rotatable bonds is 4. The van der Waals surface area contributed by atoms with Crippen LogP contribution < -0.4 is 5.32 Å². The molecule has 2 heterocycles. The van der Waals surface area contributed by atoms with Gasteiger partial charge >= 0.3 is 0 Å². The number of sulfonamides is 1. The molecular weight excluding hydrogens is 427 g/mol. The smallest absolute Gasteiger partial charge is 0.253 e. The quantitative estimate of drug-likeness (QED) is 0.762. The minimum Gasteiger partial charge on any atom is -0.323 e. The second-order valence-corrected chi connectivity index (χ2v) is 10.1. The number of benzene rings is 1. The fraction of sp³-hybridized carbons (Fsp3) is 0.267. The lowest BCUT2D eigenvalue weighted by molar-refractivity contribution is -0.119. The van der Waals surface area contributed by atoms with Crippen LogP contribution in [-0.2, 0) is 14.8 Å². The maximum Gasteiger partial charge on any atom is 0.253 e. The van der Waals surface area contributed by atoms with Gasteiger partial charge < -0.3 is 5.32 Å². The predicted octanol–water partition coefficient (Wildman–Crippen LogP) is 4.50. The van der Waals surface area contributed by atoms with E-state index in [0.29, 0.717) is 32.9 Å². The molecule has 1 aliphatic rings. The lowest BCUT2D eigenvalue weighted by atomic mass is 10.2. The van der Waals surface area contributed by atoms with Crippen molar-refractivity contribution in [1.29, 1.82) is 0 Å². The second-order valence-electron chi connectivity index (χ2n) is 5.45. The highest BCUT2D eigenvalue weighted by molar-refractivity contribution is 7.91. The van der Waals surface area contributed by atoms with E-state index in [1.54, 1.807) is 12.1 Å². The van der Waals surface area contributed by atoms with Crippen LogP contribution in [-0.4, -0.2) is 31.2 Å². The normalized spacial score (nSPS) is 18.4. The molecule has 25 heavy (non-hydrogen) atoms. The van der Waals surface area contributed by atoms with Gasteiger partial charge in [0.15, 0.2) is 0 Å². The molecule has 134 valence electrons. The van der Waals surface area contributed by atoms with Crippen LogP contribution in [0.25, 0.3) is 0 Å². The molecule has 0 bridgehead atoms. The average Bonchev–Trinajstić information content (AvgIpc) is 3.20. The van der Waals surface area contributed by atoms with Crippen LogP contribution in [0.3, 0.4) is 0 Å². The van der Waals surface area contributed by atoms with E-state index < -0.39 is 22.0 Å². The van der Waals surface area contributed by atoms with Crippen molar-refractivity contribution in [3.8, 4) is 0 Å². The standard InChI is InChI=1S/C15H13Cl3N2O3S2/c16-9-3-4-10(17)11(8-9)19-15(21)12-2-1-7-20(12)25(22,23)14-6-5-13(18)24-14/h3-6,8,12H,1-2,7H2,(H,19,21). The fourth-order valence-electron chi connectivity index (χ4n) is 2.65. The van der Waals surface area contributed by atoms with Gasteiger partial charge in [-0.15, -0.1) is 11.3 Å². The molecule has 0 saturated carbocycles. The summed E-state index contributed by atoms with van der Waals surface area (Å²) >= 11 is 18.8. The number of hydrogen-bond acceptors (Lipinski definition) is 4. The van der Waals surface area contributed by atoms with Gasteiger partial charge in [-0.2, -0.15) is 4.31 Å². The molecule has 0 aliphatic carbocycles. The molecular formula is C15H13Cl3N2O3S2. The van der Waals surface area contributed by atoms with Crippen molar-refractivity contribution in [2.75, 3.05) is 11.9 Å². The van der Waals surface area contributed by atoms with E-state index in [4.69, 9.17) is 34.8 Å². The molecule has 1 N–H and O–H groups in total. The first kappa shape index (κ1) is 18.9. The average molecular weight is 440 g/mol. The third-order valence-corrected chi connectivity index (χ3v) is 7.98. The predicted molar refractivity (Wildman–Crippen MR) is 101 cm³/mol. The molecule has 1 aromatic carbocycles. The minimum absolute atomic E-state index is 0.123. The summed E-state index contributed by atoms with van der Waals surface area (Å²) in [5.41, 5.74) is 0.350. The summed E-state index contributed by atoms with van der Waals surface area (Å²) in [7, 11) is -3.78. The Labute approximate surface area is 164 Å². The van der Waals surface area contributed by atoms with Crippen LogP contribution in [0, 0.1) is 0 Å². The number of thiophene rings is 1. The molecule has 5 nitrogen and oxygen atoms in total. The lowest BCUT2D eigenvalue weighted by Crippen LogP contribution is -2.42. The van der Waals surface area contributed by atoms with Crippen molar-refractivity contribution < 1.29 is 13.2 Å². The molecule has 3 rings (SSSR count). The summed E-state index contributed by atoms with van der Waals surface area (Å²) in [5, 5.41) is 3.42. The zero-order chi connectivity index (χ0) is 18.2. The van der Waals surface area contributed by atoms with Gasteiger partial charge in [-0.3, -0.25) is 4.79 Å². The van der Waals surface area contributed by atoms with E-state index >= 15 is 0 Å². The molecule has 1 atom stereocenters. The number of hydrogen-bond donors (Lipinski definition) is 1. The molecule has 1 aliphatic heterocycles. The van der Waals surface area contributed by atoms with Gasteiger partial charge in [0.05, 0.1) is 15.0 Å². The number of nitrogens with zero attached hydrogens (tertiary/aromatic N) is 1. The summed E-state index contributed by atoms with van der Waals surface area (Å²) in [6.45, 7) is 0.277. The maximum atomic E-state index is 12.8. The van der Waals surface area contributed by atoms with Gasteiger partial charge in [-0.05, 0) is 43.2 Å². The van der Waals surface area contributed by atoms with E-state index in [-0.39, 0.29) is 10.8 Å². The Morgan fingerprint density at radius 3 is 2.64 bits per heavy atom. The van der Waals surface area contributed by atoms with Crippen LogP contribution in [0.4, 0.5) is 5.69 Å². The van der Waals surface area contributed by atoms with Crippen molar-refractivity contribution in [2.45, 2.75) is 23.1 Å². The molecule has 1 fully saturated rings. The Kier molecular flexibility index (Phi) is 5.63. The first-order valence-electron chi connectivity index (χ1n) is 7.32. The highest BCUT2D eigenvalue weighted by Crippen LogP contribution is 2.33. The monoisotopic (exact) mass is 438 g/mol. The van der Waals surface area contributed by atoms with Crippen LogP contribution in [0.5, 0.6) is 0 Å². The summed E-state index contributed by atoms with van der Waals surface area (Å²) < 4.78 is 27.3. The highest BCUT2D eigenvalue weighted by atomic mass is 35.5. The Balaban J connectivity index is 1.84. The van der Waals surface area contributed by atoms with Gasteiger partial charge in [0.25, 0.3) is 10.0 Å². The zero-order valence-corrected chi connectivity index (χ0v) is 16.6. The number of anilines is 1. The third-order valence-electron chi connectivity index (χ3n) is 3.80. The number of nitrogens with one attached hydrogen (secondary N) is 1. The van der Waals surface area contributed by atoms with Gasteiger partial charge in [0.1, 0.15) is 10.3 Å². The maximum absolute atomic E-state index is 12.8. The minimum atomic E-state index is -3.78. The van der Waals surface area contributed by atoms with E-state index in [9.17, 15) is 13.2 Å². The van der Waals surface area contributed by atoms with E-state index in [1.165, 1.54) is 22.5 Å². The summed E-state index contributed by atoms with van der Waals surface area (Å²) in [6, 6.07) is 6.86. The molecule has 0 radical (unpaired) electrons. The number of carbonyl (C=O) groups is 1. The SMILES string of the molecule is O=C(Nc1cc(Cl)ccc1Cl)C1CCCN1S(=O)(=O)c1ccc(Cl)s1. The Morgan fingerprint density at radius 2 is 1.96 bits per heavy atom. The number of amides is 1. The van der Waals surface area contributed by atoms with E-state index in [1.807, 2.05) is 0 Å². The summed E-state index contributed by atoms with van der Waals surface area (Å²) in [6.07, 6.45) is 1.03. The molecule has 1 unspecified atom stereocenters. The summed E-state index contributed by atoms with van der Waals surface area (Å²) in [4.78, 5) is 12.6. The zero-order valence-electron chi connectivity index (χ0n) is 12.7. The van der Waals surface area contributed by atoms with Gasteiger partial charge in [-0.1, -0.05) is 34.8 Å². The first-order valence-corrected chi connectivity index (χ1v) is 10.7. The van der Waals surface area contributed by atoms with Crippen LogP contribution in [0.15, 0.2) is 34.5 Å². The van der Waals surface area contributed by atoms with E-state index in [0.717, 1.165) is 11.3 Å². The van der Waals surface area contributed by atoms with Crippen LogP contribution >= 0.6 is 46.1 Å². The molecule has 1 saturated heterocycles. The molecule has 10 heteroatoms. The van der Waals surface area contributed by atoms with Crippen molar-refractivity contribution in [1.82, 2.24) is 4.31 Å². The fourth-order valence-corrected chi connectivity index (χ4v) is 6.26. The second kappa shape index (κ2) is 7.42. The van der Waals surface area contributed by atoms with Crippen molar-refractivity contribution in [3.05, 3.63) is 44.7 Å². The Hall–Kier alpha value is -0.830. The van der Waals surface area contributed by atoms with Crippen molar-refractivity contribution >= 4 is 67.8 Å². The van der Waals surface area contributed by atoms with Gasteiger partial charge in [0.2, 0.25) is 5.91 Å². The topological polar surface area (TPSA) is 66.5 Å². The van der Waals surface area contributed by atoms with Crippen LogP contribution in [0.1, 0.15) is 12.8 Å².